The van der Waals surface area contributed by atoms with Crippen LogP contribution in [0, 0.1) is 0 Å². The molecule has 0 saturated carbocycles. The standard InChI is InChI=1S/C11H14O2/c1-9(2)5-4-6-10(3)7-8-11(12)13/h4-8H,1H2,2-3H3,(H,12,13)/b5-4+,8-7+,10-6+. The van der Waals surface area contributed by atoms with Crippen LogP contribution in [0.1, 0.15) is 13.8 Å². The minimum Gasteiger partial charge on any atom is -0.478 e. The second kappa shape index (κ2) is 6.00. The molecule has 0 radical (unpaired) electrons. The summed E-state index contributed by atoms with van der Waals surface area (Å²) in [5, 5.41) is 8.33. The predicted octanol–water partition coefficient (Wildman–Crippen LogP) is 2.71. The van der Waals surface area contributed by atoms with E-state index in [1.54, 1.807) is 6.08 Å². The third-order valence-corrected chi connectivity index (χ3v) is 1.23. The highest BCUT2D eigenvalue weighted by atomic mass is 16.4. The Bertz CT molecular complexity index is 280. The van der Waals surface area contributed by atoms with E-state index >= 15 is 0 Å². The monoisotopic (exact) mass is 178 g/mol. The lowest BCUT2D eigenvalue weighted by atomic mass is 10.2. The zero-order valence-electron chi connectivity index (χ0n) is 7.95. The lowest BCUT2D eigenvalue weighted by molar-refractivity contribution is -0.131. The largest absolute Gasteiger partial charge is 0.478 e. The summed E-state index contributed by atoms with van der Waals surface area (Å²) in [6, 6.07) is 0. The van der Waals surface area contributed by atoms with Gasteiger partial charge in [0.1, 0.15) is 0 Å². The number of carboxylic acid groups (broad SMARTS) is 1. The molecule has 1 N–H and O–H groups in total. The Kier molecular flexibility index (Phi) is 5.28. The molecule has 0 atom stereocenters. The van der Waals surface area contributed by atoms with Crippen molar-refractivity contribution in [3.63, 3.8) is 0 Å². The summed E-state index contributed by atoms with van der Waals surface area (Å²) in [4.78, 5) is 10.1. The highest BCUT2D eigenvalue weighted by Crippen LogP contribution is 1.97. The molecular formula is C11H14O2. The van der Waals surface area contributed by atoms with E-state index in [2.05, 4.69) is 6.58 Å². The lowest BCUT2D eigenvalue weighted by Gasteiger charge is -1.87. The van der Waals surface area contributed by atoms with E-state index in [-0.39, 0.29) is 0 Å². The first-order valence-electron chi connectivity index (χ1n) is 3.94. The van der Waals surface area contributed by atoms with E-state index < -0.39 is 5.97 Å². The second-order valence-corrected chi connectivity index (χ2v) is 2.79. The molecule has 0 aliphatic heterocycles. The van der Waals surface area contributed by atoms with Gasteiger partial charge in [0.25, 0.3) is 0 Å². The van der Waals surface area contributed by atoms with Crippen molar-refractivity contribution in [1.82, 2.24) is 0 Å². The molecule has 0 aliphatic rings. The maximum Gasteiger partial charge on any atom is 0.328 e. The van der Waals surface area contributed by atoms with Crippen molar-refractivity contribution in [3.8, 4) is 0 Å². The fourth-order valence-electron chi connectivity index (χ4n) is 0.622. The SMILES string of the molecule is C=C(C)/C=C/C=C(C)/C=C/C(=O)O. The zero-order valence-corrected chi connectivity index (χ0v) is 7.95. The predicted molar refractivity (Wildman–Crippen MR) is 54.5 cm³/mol. The molecule has 0 unspecified atom stereocenters. The van der Waals surface area contributed by atoms with Crippen LogP contribution in [0.15, 0.2) is 48.1 Å². The Hall–Kier alpha value is -1.57. The van der Waals surface area contributed by atoms with Crippen LogP contribution >= 0.6 is 0 Å². The number of carboxylic acids is 1. The molecule has 13 heavy (non-hydrogen) atoms. The minimum absolute atomic E-state index is 0.889. The molecule has 2 nitrogen and oxygen atoms in total. The number of rotatable bonds is 4. The number of carbonyl (C=O) groups is 1. The molecule has 0 saturated heterocycles. The molecule has 0 rings (SSSR count). The van der Waals surface area contributed by atoms with Gasteiger partial charge in [0.15, 0.2) is 0 Å². The molecular weight excluding hydrogens is 164 g/mol. The van der Waals surface area contributed by atoms with Gasteiger partial charge in [-0.2, -0.15) is 0 Å². The van der Waals surface area contributed by atoms with E-state index in [1.165, 1.54) is 0 Å². The van der Waals surface area contributed by atoms with Crippen molar-refractivity contribution < 1.29 is 9.90 Å². The molecule has 0 aliphatic carbocycles. The third-order valence-electron chi connectivity index (χ3n) is 1.23. The van der Waals surface area contributed by atoms with Crippen LogP contribution in [0.2, 0.25) is 0 Å². The zero-order chi connectivity index (χ0) is 10.3. The molecule has 0 bridgehead atoms. The molecule has 0 heterocycles. The number of hydrogen-bond acceptors (Lipinski definition) is 1. The van der Waals surface area contributed by atoms with Crippen LogP contribution < -0.4 is 0 Å². The number of hydrogen-bond donors (Lipinski definition) is 1. The van der Waals surface area contributed by atoms with Gasteiger partial charge in [0.2, 0.25) is 0 Å². The minimum atomic E-state index is -0.934. The quantitative estimate of drug-likeness (QED) is 0.531. The van der Waals surface area contributed by atoms with E-state index in [0.29, 0.717) is 0 Å². The Morgan fingerprint density at radius 3 is 2.31 bits per heavy atom. The van der Waals surface area contributed by atoms with Crippen LogP contribution in [0.3, 0.4) is 0 Å². The molecule has 0 amide bonds. The first-order valence-corrected chi connectivity index (χ1v) is 3.94. The van der Waals surface area contributed by atoms with Gasteiger partial charge in [0, 0.05) is 6.08 Å². The van der Waals surface area contributed by atoms with Gasteiger partial charge in [-0.15, -0.1) is 0 Å². The van der Waals surface area contributed by atoms with Crippen LogP contribution in [0.4, 0.5) is 0 Å². The summed E-state index contributed by atoms with van der Waals surface area (Å²) in [6.07, 6.45) is 8.18. The van der Waals surface area contributed by atoms with E-state index in [1.807, 2.05) is 32.1 Å². The van der Waals surface area contributed by atoms with E-state index in [0.717, 1.165) is 17.2 Å². The Morgan fingerprint density at radius 1 is 1.23 bits per heavy atom. The van der Waals surface area contributed by atoms with Crippen LogP contribution in [0.5, 0.6) is 0 Å². The van der Waals surface area contributed by atoms with Gasteiger partial charge < -0.3 is 5.11 Å². The third kappa shape index (κ3) is 8.34. The highest BCUT2D eigenvalue weighted by Gasteiger charge is 1.84. The van der Waals surface area contributed by atoms with Crippen LogP contribution in [-0.4, -0.2) is 11.1 Å². The maximum atomic E-state index is 10.1. The molecule has 70 valence electrons. The van der Waals surface area contributed by atoms with Gasteiger partial charge in [-0.3, -0.25) is 0 Å². The van der Waals surface area contributed by atoms with Crippen molar-refractivity contribution in [2.75, 3.05) is 0 Å². The molecule has 2 heteroatoms. The van der Waals surface area contributed by atoms with Gasteiger partial charge in [-0.05, 0) is 13.8 Å². The summed E-state index contributed by atoms with van der Waals surface area (Å²) < 4.78 is 0. The van der Waals surface area contributed by atoms with Gasteiger partial charge in [0.05, 0.1) is 0 Å². The Balaban J connectivity index is 4.18. The second-order valence-electron chi connectivity index (χ2n) is 2.79. The first kappa shape index (κ1) is 11.4. The highest BCUT2D eigenvalue weighted by molar-refractivity contribution is 5.80. The summed E-state index contributed by atoms with van der Waals surface area (Å²) in [5.74, 6) is -0.934. The van der Waals surface area contributed by atoms with E-state index in [9.17, 15) is 4.79 Å². The Labute approximate surface area is 78.6 Å². The van der Waals surface area contributed by atoms with Gasteiger partial charge >= 0.3 is 5.97 Å². The van der Waals surface area contributed by atoms with Crippen molar-refractivity contribution >= 4 is 5.97 Å². The average Bonchev–Trinajstić information content (AvgIpc) is 2.00. The fourth-order valence-corrected chi connectivity index (χ4v) is 0.622. The maximum absolute atomic E-state index is 10.1. The fraction of sp³-hybridized carbons (Fsp3) is 0.182. The smallest absolute Gasteiger partial charge is 0.328 e. The summed E-state index contributed by atoms with van der Waals surface area (Å²) in [5.41, 5.74) is 1.85. The summed E-state index contributed by atoms with van der Waals surface area (Å²) in [6.45, 7) is 7.43. The van der Waals surface area contributed by atoms with Gasteiger partial charge in [-0.25, -0.2) is 4.79 Å². The molecule has 0 aromatic carbocycles. The average molecular weight is 178 g/mol. The molecule has 0 spiro atoms. The molecule has 0 aromatic rings. The summed E-state index contributed by atoms with van der Waals surface area (Å²) in [7, 11) is 0. The summed E-state index contributed by atoms with van der Waals surface area (Å²) >= 11 is 0. The van der Waals surface area contributed by atoms with Gasteiger partial charge in [-0.1, -0.05) is 42.0 Å². The van der Waals surface area contributed by atoms with Crippen LogP contribution in [-0.2, 0) is 4.79 Å². The van der Waals surface area contributed by atoms with Crippen molar-refractivity contribution in [2.24, 2.45) is 0 Å². The first-order chi connectivity index (χ1) is 6.02. The van der Waals surface area contributed by atoms with Crippen molar-refractivity contribution in [2.45, 2.75) is 13.8 Å². The van der Waals surface area contributed by atoms with E-state index in [4.69, 9.17) is 5.11 Å². The van der Waals surface area contributed by atoms with Crippen molar-refractivity contribution in [1.29, 1.82) is 0 Å². The molecule has 0 aromatic heterocycles. The molecule has 0 fully saturated rings. The number of aliphatic carboxylic acids is 1. The van der Waals surface area contributed by atoms with Crippen molar-refractivity contribution in [3.05, 3.63) is 48.1 Å². The lowest BCUT2D eigenvalue weighted by Crippen LogP contribution is -1.85. The number of allylic oxidation sites excluding steroid dienone is 6. The topological polar surface area (TPSA) is 37.3 Å². The normalized spacial score (nSPS) is 12.6. The van der Waals surface area contributed by atoms with Crippen LogP contribution in [0.25, 0.3) is 0 Å². The Morgan fingerprint density at radius 2 is 1.85 bits per heavy atom.